The van der Waals surface area contributed by atoms with Crippen LogP contribution in [0.3, 0.4) is 0 Å². The second-order valence-corrected chi connectivity index (χ2v) is 3.28. The number of hydrogen-bond acceptors (Lipinski definition) is 2. The molecular formula is C5H5BrOS. The van der Waals surface area contributed by atoms with Gasteiger partial charge in [-0.3, -0.25) is 0 Å². The zero-order valence-electron chi connectivity index (χ0n) is 4.04. The lowest BCUT2D eigenvalue weighted by Crippen LogP contribution is -1.99. The van der Waals surface area contributed by atoms with Crippen LogP contribution < -0.4 is 0 Å². The van der Waals surface area contributed by atoms with Gasteiger partial charge in [-0.15, -0.1) is 0 Å². The average molecular weight is 193 g/mol. The number of halogens is 1. The lowest BCUT2D eigenvalue weighted by Gasteiger charge is -2.07. The topological polar surface area (TPSA) is 20.2 Å². The van der Waals surface area contributed by atoms with Gasteiger partial charge in [0.2, 0.25) is 0 Å². The van der Waals surface area contributed by atoms with Gasteiger partial charge in [-0.1, -0.05) is 33.8 Å². The maximum atomic E-state index is 8.97. The first kappa shape index (κ1) is 6.39. The van der Waals surface area contributed by atoms with E-state index in [9.17, 15) is 0 Å². The second kappa shape index (κ2) is 2.71. The summed E-state index contributed by atoms with van der Waals surface area (Å²) in [5, 5.41) is 10.8. The zero-order valence-corrected chi connectivity index (χ0v) is 6.45. The molecule has 1 aliphatic heterocycles. The predicted molar refractivity (Wildman–Crippen MR) is 39.7 cm³/mol. The molecule has 1 atom stereocenters. The first-order valence-corrected chi connectivity index (χ1v) is 3.90. The molecule has 0 aromatic rings. The fourth-order valence-electron chi connectivity index (χ4n) is 0.398. The van der Waals surface area contributed by atoms with E-state index in [-0.39, 0.29) is 5.44 Å². The van der Waals surface area contributed by atoms with Crippen LogP contribution >= 0.6 is 27.7 Å². The van der Waals surface area contributed by atoms with Crippen LogP contribution in [0.25, 0.3) is 0 Å². The molecule has 0 aromatic heterocycles. The van der Waals surface area contributed by atoms with Crippen LogP contribution in [0.15, 0.2) is 22.0 Å². The van der Waals surface area contributed by atoms with Gasteiger partial charge in [0.25, 0.3) is 0 Å². The SMILES string of the molecule is OC1SC=CC=C1Br. The Kier molecular flexibility index (Phi) is 2.16. The fraction of sp³-hybridized carbons (Fsp3) is 0.200. The minimum Gasteiger partial charge on any atom is -0.377 e. The van der Waals surface area contributed by atoms with Crippen LogP contribution in [0.5, 0.6) is 0 Å². The van der Waals surface area contributed by atoms with Crippen molar-refractivity contribution < 1.29 is 5.11 Å². The molecule has 0 saturated carbocycles. The van der Waals surface area contributed by atoms with Crippen molar-refractivity contribution in [3.8, 4) is 0 Å². The smallest absolute Gasteiger partial charge is 0.135 e. The molecular weight excluding hydrogens is 188 g/mol. The molecule has 1 aliphatic rings. The Hall–Kier alpha value is 0.270. The molecule has 0 aromatic carbocycles. The molecule has 0 amide bonds. The van der Waals surface area contributed by atoms with Crippen LogP contribution in [0.4, 0.5) is 0 Å². The van der Waals surface area contributed by atoms with Crippen molar-refractivity contribution >= 4 is 27.7 Å². The maximum absolute atomic E-state index is 8.97. The third kappa shape index (κ3) is 1.37. The summed E-state index contributed by atoms with van der Waals surface area (Å²) in [7, 11) is 0. The van der Waals surface area contributed by atoms with E-state index in [1.54, 1.807) is 0 Å². The van der Waals surface area contributed by atoms with Gasteiger partial charge in [0, 0.05) is 4.48 Å². The normalized spacial score (nSPS) is 27.8. The molecule has 0 aliphatic carbocycles. The zero-order chi connectivity index (χ0) is 5.98. The summed E-state index contributed by atoms with van der Waals surface area (Å²) < 4.78 is 0.838. The third-order valence-corrected chi connectivity index (χ3v) is 2.60. The van der Waals surface area contributed by atoms with Crippen LogP contribution in [-0.2, 0) is 0 Å². The Morgan fingerprint density at radius 1 is 1.75 bits per heavy atom. The van der Waals surface area contributed by atoms with Crippen LogP contribution in [0, 0.1) is 0 Å². The number of hydrogen-bond donors (Lipinski definition) is 1. The lowest BCUT2D eigenvalue weighted by molar-refractivity contribution is 0.307. The van der Waals surface area contributed by atoms with E-state index in [2.05, 4.69) is 15.9 Å². The molecule has 1 heterocycles. The Balaban J connectivity index is 2.66. The van der Waals surface area contributed by atoms with Crippen LogP contribution in [0.1, 0.15) is 0 Å². The average Bonchev–Trinajstić information content (AvgIpc) is 1.77. The first-order chi connectivity index (χ1) is 3.80. The van der Waals surface area contributed by atoms with Gasteiger partial charge in [0.15, 0.2) is 0 Å². The number of thioether (sulfide) groups is 1. The molecule has 0 fully saturated rings. The van der Waals surface area contributed by atoms with Crippen molar-refractivity contribution in [1.82, 2.24) is 0 Å². The third-order valence-electron chi connectivity index (χ3n) is 0.777. The van der Waals surface area contributed by atoms with Crippen molar-refractivity contribution in [3.63, 3.8) is 0 Å². The van der Waals surface area contributed by atoms with Crippen molar-refractivity contribution in [1.29, 1.82) is 0 Å². The summed E-state index contributed by atoms with van der Waals surface area (Å²) in [5.41, 5.74) is -0.389. The highest BCUT2D eigenvalue weighted by molar-refractivity contribution is 9.11. The summed E-state index contributed by atoms with van der Waals surface area (Å²) in [6.07, 6.45) is 3.72. The number of aliphatic hydroxyl groups is 1. The highest BCUT2D eigenvalue weighted by Crippen LogP contribution is 2.25. The van der Waals surface area contributed by atoms with E-state index in [0.717, 1.165) is 4.48 Å². The highest BCUT2D eigenvalue weighted by atomic mass is 79.9. The Morgan fingerprint density at radius 2 is 2.50 bits per heavy atom. The first-order valence-electron chi connectivity index (χ1n) is 2.16. The monoisotopic (exact) mass is 192 g/mol. The van der Waals surface area contributed by atoms with E-state index < -0.39 is 0 Å². The maximum Gasteiger partial charge on any atom is 0.135 e. The molecule has 44 valence electrons. The summed E-state index contributed by atoms with van der Waals surface area (Å²) in [6, 6.07) is 0. The Labute approximate surface area is 60.6 Å². The van der Waals surface area contributed by atoms with Gasteiger partial charge < -0.3 is 5.11 Å². The summed E-state index contributed by atoms with van der Waals surface area (Å²) in [4.78, 5) is 0. The quantitative estimate of drug-likeness (QED) is 0.633. The van der Waals surface area contributed by atoms with Crippen molar-refractivity contribution in [2.75, 3.05) is 0 Å². The van der Waals surface area contributed by atoms with Gasteiger partial charge >= 0.3 is 0 Å². The molecule has 0 saturated heterocycles. The molecule has 1 unspecified atom stereocenters. The van der Waals surface area contributed by atoms with Gasteiger partial charge in [-0.2, -0.15) is 0 Å². The Bertz CT molecular complexity index is 141. The van der Waals surface area contributed by atoms with E-state index >= 15 is 0 Å². The van der Waals surface area contributed by atoms with Gasteiger partial charge in [-0.25, -0.2) is 0 Å². The predicted octanol–water partition coefficient (Wildman–Crippen LogP) is 1.84. The molecule has 0 spiro atoms. The summed E-state index contributed by atoms with van der Waals surface area (Å²) >= 11 is 4.58. The van der Waals surface area contributed by atoms with Gasteiger partial charge in [-0.05, 0) is 11.5 Å². The molecule has 0 bridgehead atoms. The largest absolute Gasteiger partial charge is 0.377 e. The minimum absolute atomic E-state index is 0.389. The van der Waals surface area contributed by atoms with Crippen molar-refractivity contribution in [3.05, 3.63) is 22.0 Å². The molecule has 3 heteroatoms. The molecule has 1 nitrogen and oxygen atoms in total. The van der Waals surface area contributed by atoms with E-state index in [4.69, 9.17) is 5.11 Å². The Morgan fingerprint density at radius 3 is 2.88 bits per heavy atom. The fourth-order valence-corrected chi connectivity index (χ4v) is 1.40. The van der Waals surface area contributed by atoms with E-state index in [1.165, 1.54) is 11.8 Å². The summed E-state index contributed by atoms with van der Waals surface area (Å²) in [6.45, 7) is 0. The number of allylic oxidation sites excluding steroid dienone is 2. The number of rotatable bonds is 0. The highest BCUT2D eigenvalue weighted by Gasteiger charge is 2.07. The van der Waals surface area contributed by atoms with Crippen LogP contribution in [0.2, 0.25) is 0 Å². The van der Waals surface area contributed by atoms with E-state index in [0.29, 0.717) is 0 Å². The summed E-state index contributed by atoms with van der Waals surface area (Å²) in [5.74, 6) is 0. The standard InChI is InChI=1S/C5H5BrOS/c6-4-2-1-3-8-5(4)7/h1-3,5,7H. The molecule has 0 radical (unpaired) electrons. The van der Waals surface area contributed by atoms with Crippen LogP contribution in [-0.4, -0.2) is 10.5 Å². The van der Waals surface area contributed by atoms with Crippen molar-refractivity contribution in [2.24, 2.45) is 0 Å². The van der Waals surface area contributed by atoms with Gasteiger partial charge in [0.05, 0.1) is 0 Å². The lowest BCUT2D eigenvalue weighted by atomic mass is 10.5. The second-order valence-electron chi connectivity index (χ2n) is 1.37. The molecule has 1 rings (SSSR count). The molecule has 1 N–H and O–H groups in total. The molecule has 8 heavy (non-hydrogen) atoms. The van der Waals surface area contributed by atoms with Gasteiger partial charge in [0.1, 0.15) is 5.44 Å². The minimum atomic E-state index is -0.389. The van der Waals surface area contributed by atoms with Crippen molar-refractivity contribution in [2.45, 2.75) is 5.44 Å². The van der Waals surface area contributed by atoms with E-state index in [1.807, 2.05) is 17.6 Å². The number of aliphatic hydroxyl groups excluding tert-OH is 1.